The van der Waals surface area contributed by atoms with Gasteiger partial charge in [-0.1, -0.05) is 30.7 Å². The van der Waals surface area contributed by atoms with Gasteiger partial charge in [0, 0.05) is 12.5 Å². The average molecular weight is 312 g/mol. The lowest BCUT2D eigenvalue weighted by atomic mass is 10.0. The SMILES string of the molecule is CCCNC(Cc1nnn(C)n1)Cc1cccc(Cl)c1F. The van der Waals surface area contributed by atoms with E-state index >= 15 is 0 Å². The summed E-state index contributed by atoms with van der Waals surface area (Å²) in [6, 6.07) is 5.12. The number of hydrogen-bond acceptors (Lipinski definition) is 4. The molecule has 1 aromatic carbocycles. The number of halogens is 2. The zero-order valence-electron chi connectivity index (χ0n) is 12.2. The van der Waals surface area contributed by atoms with Gasteiger partial charge >= 0.3 is 0 Å². The summed E-state index contributed by atoms with van der Waals surface area (Å²) in [4.78, 5) is 1.42. The second-order valence-electron chi connectivity index (χ2n) is 4.97. The van der Waals surface area contributed by atoms with E-state index in [1.54, 1.807) is 25.2 Å². The van der Waals surface area contributed by atoms with Crippen molar-refractivity contribution in [2.75, 3.05) is 6.54 Å². The largest absolute Gasteiger partial charge is 0.313 e. The van der Waals surface area contributed by atoms with Crippen LogP contribution in [0.2, 0.25) is 5.02 Å². The highest BCUT2D eigenvalue weighted by atomic mass is 35.5. The van der Waals surface area contributed by atoms with E-state index in [9.17, 15) is 4.39 Å². The number of benzene rings is 1. The fraction of sp³-hybridized carbons (Fsp3) is 0.500. The van der Waals surface area contributed by atoms with Crippen molar-refractivity contribution in [3.05, 3.63) is 40.4 Å². The minimum atomic E-state index is -0.352. The summed E-state index contributed by atoms with van der Waals surface area (Å²) in [6.45, 7) is 2.94. The maximum Gasteiger partial charge on any atom is 0.176 e. The van der Waals surface area contributed by atoms with Crippen LogP contribution >= 0.6 is 11.6 Å². The molecule has 0 spiro atoms. The predicted molar refractivity (Wildman–Crippen MR) is 79.7 cm³/mol. The molecule has 0 radical (unpaired) electrons. The first kappa shape index (κ1) is 15.9. The van der Waals surface area contributed by atoms with Crippen LogP contribution in [0.3, 0.4) is 0 Å². The van der Waals surface area contributed by atoms with Crippen molar-refractivity contribution in [3.8, 4) is 0 Å². The summed E-state index contributed by atoms with van der Waals surface area (Å²) in [6.07, 6.45) is 2.13. The van der Waals surface area contributed by atoms with Gasteiger partial charge in [-0.3, -0.25) is 0 Å². The molecule has 0 saturated heterocycles. The number of rotatable bonds is 7. The van der Waals surface area contributed by atoms with Gasteiger partial charge in [0.05, 0.1) is 12.1 Å². The van der Waals surface area contributed by atoms with Gasteiger partial charge in [-0.2, -0.15) is 4.80 Å². The Balaban J connectivity index is 2.10. The molecular weight excluding hydrogens is 293 g/mol. The van der Waals surface area contributed by atoms with Crippen LogP contribution in [-0.4, -0.2) is 32.8 Å². The molecule has 1 unspecified atom stereocenters. The van der Waals surface area contributed by atoms with Crippen LogP contribution in [0.5, 0.6) is 0 Å². The van der Waals surface area contributed by atoms with E-state index in [0.717, 1.165) is 13.0 Å². The maximum absolute atomic E-state index is 14.0. The molecule has 1 atom stereocenters. The Bertz CT molecular complexity index is 586. The molecule has 2 aromatic rings. The fourth-order valence-corrected chi connectivity index (χ4v) is 2.36. The van der Waals surface area contributed by atoms with Gasteiger partial charge in [0.15, 0.2) is 5.82 Å². The molecule has 5 nitrogen and oxygen atoms in total. The van der Waals surface area contributed by atoms with Crippen LogP contribution in [-0.2, 0) is 19.9 Å². The van der Waals surface area contributed by atoms with E-state index < -0.39 is 0 Å². The van der Waals surface area contributed by atoms with Crippen molar-refractivity contribution in [2.45, 2.75) is 32.2 Å². The smallest absolute Gasteiger partial charge is 0.176 e. The molecule has 0 bridgehead atoms. The van der Waals surface area contributed by atoms with Gasteiger partial charge in [-0.15, -0.1) is 10.2 Å². The van der Waals surface area contributed by atoms with E-state index in [1.807, 2.05) is 0 Å². The maximum atomic E-state index is 14.0. The van der Waals surface area contributed by atoms with Crippen LogP contribution < -0.4 is 5.32 Å². The van der Waals surface area contributed by atoms with Crippen molar-refractivity contribution >= 4 is 11.6 Å². The summed E-state index contributed by atoms with van der Waals surface area (Å²) < 4.78 is 14.0. The Labute approximate surface area is 128 Å². The highest BCUT2D eigenvalue weighted by Gasteiger charge is 2.16. The lowest BCUT2D eigenvalue weighted by molar-refractivity contribution is 0.483. The van der Waals surface area contributed by atoms with Crippen molar-refractivity contribution in [1.82, 2.24) is 25.5 Å². The quantitative estimate of drug-likeness (QED) is 0.851. The normalized spacial score (nSPS) is 12.6. The van der Waals surface area contributed by atoms with Gasteiger partial charge in [0.25, 0.3) is 0 Å². The van der Waals surface area contributed by atoms with Gasteiger partial charge in [-0.05, 0) is 36.2 Å². The predicted octanol–water partition coefficient (Wildman–Crippen LogP) is 2.16. The molecule has 0 aliphatic rings. The first-order valence-electron chi connectivity index (χ1n) is 6.99. The number of aromatic nitrogens is 4. The van der Waals surface area contributed by atoms with Crippen LogP contribution in [0.1, 0.15) is 24.7 Å². The number of nitrogens with one attached hydrogen (secondary N) is 1. The molecule has 1 aromatic heterocycles. The number of hydrogen-bond donors (Lipinski definition) is 1. The summed E-state index contributed by atoms with van der Waals surface area (Å²) in [5, 5.41) is 15.5. The second-order valence-corrected chi connectivity index (χ2v) is 5.37. The molecule has 7 heteroatoms. The third kappa shape index (κ3) is 4.47. The summed E-state index contributed by atoms with van der Waals surface area (Å²) in [7, 11) is 1.72. The standard InChI is InChI=1S/C14H19ClFN5/c1-3-7-17-11(9-13-18-20-21(2)19-13)8-10-5-4-6-12(15)14(10)16/h4-6,11,17H,3,7-9H2,1-2H3. The molecule has 0 saturated carbocycles. The van der Waals surface area contributed by atoms with Crippen LogP contribution in [0.15, 0.2) is 18.2 Å². The Morgan fingerprint density at radius 1 is 1.38 bits per heavy atom. The minimum Gasteiger partial charge on any atom is -0.313 e. The second kappa shape index (κ2) is 7.47. The third-order valence-electron chi connectivity index (χ3n) is 3.16. The number of tetrazole rings is 1. The summed E-state index contributed by atoms with van der Waals surface area (Å²) in [5.74, 6) is 0.295. The van der Waals surface area contributed by atoms with Crippen molar-refractivity contribution < 1.29 is 4.39 Å². The lowest BCUT2D eigenvalue weighted by Gasteiger charge is -2.17. The van der Waals surface area contributed by atoms with Crippen molar-refractivity contribution in [1.29, 1.82) is 0 Å². The molecule has 1 heterocycles. The molecular formula is C14H19ClFN5. The topological polar surface area (TPSA) is 55.6 Å². The Hall–Kier alpha value is -1.53. The highest BCUT2D eigenvalue weighted by molar-refractivity contribution is 6.30. The number of aryl methyl sites for hydroxylation is 1. The average Bonchev–Trinajstić information content (AvgIpc) is 2.86. The molecule has 0 aliphatic carbocycles. The Morgan fingerprint density at radius 3 is 2.86 bits per heavy atom. The third-order valence-corrected chi connectivity index (χ3v) is 3.45. The van der Waals surface area contributed by atoms with E-state index in [2.05, 4.69) is 27.7 Å². The zero-order chi connectivity index (χ0) is 15.2. The Morgan fingerprint density at radius 2 is 2.19 bits per heavy atom. The van der Waals surface area contributed by atoms with Crippen LogP contribution in [0.4, 0.5) is 4.39 Å². The molecule has 0 fully saturated rings. The minimum absolute atomic E-state index is 0.0436. The lowest BCUT2D eigenvalue weighted by Crippen LogP contribution is -2.34. The summed E-state index contributed by atoms with van der Waals surface area (Å²) >= 11 is 5.83. The van der Waals surface area contributed by atoms with Gasteiger partial charge in [0.2, 0.25) is 0 Å². The van der Waals surface area contributed by atoms with Crippen molar-refractivity contribution in [2.24, 2.45) is 7.05 Å². The van der Waals surface area contributed by atoms with Gasteiger partial charge in [-0.25, -0.2) is 4.39 Å². The van der Waals surface area contributed by atoms with Gasteiger partial charge < -0.3 is 5.32 Å². The highest BCUT2D eigenvalue weighted by Crippen LogP contribution is 2.19. The van der Waals surface area contributed by atoms with E-state index in [0.29, 0.717) is 24.2 Å². The van der Waals surface area contributed by atoms with E-state index in [4.69, 9.17) is 11.6 Å². The monoisotopic (exact) mass is 311 g/mol. The first-order valence-corrected chi connectivity index (χ1v) is 7.37. The van der Waals surface area contributed by atoms with E-state index in [-0.39, 0.29) is 16.9 Å². The fourth-order valence-electron chi connectivity index (χ4n) is 2.16. The molecule has 0 amide bonds. The molecule has 1 N–H and O–H groups in total. The molecule has 21 heavy (non-hydrogen) atoms. The summed E-state index contributed by atoms with van der Waals surface area (Å²) in [5.41, 5.74) is 0.597. The first-order chi connectivity index (χ1) is 10.1. The van der Waals surface area contributed by atoms with Crippen molar-refractivity contribution in [3.63, 3.8) is 0 Å². The zero-order valence-corrected chi connectivity index (χ0v) is 12.9. The Kier molecular flexibility index (Phi) is 5.64. The molecule has 0 aliphatic heterocycles. The van der Waals surface area contributed by atoms with E-state index in [1.165, 1.54) is 4.80 Å². The number of nitrogens with zero attached hydrogens (tertiary/aromatic N) is 4. The van der Waals surface area contributed by atoms with Crippen LogP contribution in [0, 0.1) is 5.82 Å². The van der Waals surface area contributed by atoms with Crippen LogP contribution in [0.25, 0.3) is 0 Å². The molecule has 2 rings (SSSR count). The molecule has 114 valence electrons. The van der Waals surface area contributed by atoms with Gasteiger partial charge in [0.1, 0.15) is 5.82 Å².